The molecule has 2 heterocycles. The molecular formula is C21H22BrN3O3S2. The summed E-state index contributed by atoms with van der Waals surface area (Å²) in [6.07, 6.45) is 0. The molecular weight excluding hydrogens is 486 g/mol. The van der Waals surface area contributed by atoms with Gasteiger partial charge in [-0.25, -0.2) is 8.42 Å². The van der Waals surface area contributed by atoms with Crippen LogP contribution in [0.5, 0.6) is 0 Å². The molecule has 9 heteroatoms. The van der Waals surface area contributed by atoms with Gasteiger partial charge in [-0.05, 0) is 61.4 Å². The first kappa shape index (κ1) is 21.4. The van der Waals surface area contributed by atoms with Crippen LogP contribution in [0, 0.1) is 13.8 Å². The molecule has 1 N–H and O–H groups in total. The lowest BCUT2D eigenvalue weighted by molar-refractivity contribution is -0.113. The molecule has 0 aliphatic carbocycles. The molecule has 158 valence electrons. The molecule has 0 bridgehead atoms. The summed E-state index contributed by atoms with van der Waals surface area (Å²) in [6, 6.07) is 13.0. The Morgan fingerprint density at radius 3 is 2.60 bits per heavy atom. The second-order valence-corrected chi connectivity index (χ2v) is 11.6. The average molecular weight is 508 g/mol. The minimum Gasteiger partial charge on any atom is -0.325 e. The van der Waals surface area contributed by atoms with Gasteiger partial charge in [0, 0.05) is 15.8 Å². The molecule has 2 aromatic carbocycles. The van der Waals surface area contributed by atoms with E-state index in [4.69, 9.17) is 0 Å². The van der Waals surface area contributed by atoms with Crippen molar-refractivity contribution in [2.24, 2.45) is 4.99 Å². The third-order valence-electron chi connectivity index (χ3n) is 5.34. The molecule has 1 fully saturated rings. The molecule has 2 aliphatic heterocycles. The van der Waals surface area contributed by atoms with Crippen LogP contribution >= 0.6 is 27.7 Å². The number of anilines is 2. The topological polar surface area (TPSA) is 78.8 Å². The number of aliphatic imine (C=N–C) groups is 1. The van der Waals surface area contributed by atoms with Gasteiger partial charge < -0.3 is 10.2 Å². The summed E-state index contributed by atoms with van der Waals surface area (Å²) < 4.78 is 25.3. The van der Waals surface area contributed by atoms with E-state index < -0.39 is 9.84 Å². The number of nitrogens with one attached hydrogen (secondary N) is 1. The van der Waals surface area contributed by atoms with E-state index in [-0.39, 0.29) is 35.2 Å². The van der Waals surface area contributed by atoms with Gasteiger partial charge in [0.25, 0.3) is 0 Å². The molecule has 0 aromatic heterocycles. The fourth-order valence-corrected chi connectivity index (χ4v) is 6.70. The minimum atomic E-state index is -3.10. The van der Waals surface area contributed by atoms with Crippen molar-refractivity contribution in [3.63, 3.8) is 0 Å². The molecule has 30 heavy (non-hydrogen) atoms. The van der Waals surface area contributed by atoms with Gasteiger partial charge in [-0.3, -0.25) is 9.79 Å². The van der Waals surface area contributed by atoms with Crippen LogP contribution in [0.25, 0.3) is 0 Å². The number of fused-ring (bicyclic) bond motifs is 1. The highest BCUT2D eigenvalue weighted by molar-refractivity contribution is 9.10. The highest BCUT2D eigenvalue weighted by Crippen LogP contribution is 2.35. The number of amidine groups is 1. The fourth-order valence-electron chi connectivity index (χ4n) is 3.67. The van der Waals surface area contributed by atoms with E-state index in [0.29, 0.717) is 5.17 Å². The SMILES string of the molecule is Cc1ccc(N2C(SCC(=O)Nc3ccc(Br)cc3)=N[C@H]3CS(=O)(=O)C[C@H]32)cc1C. The van der Waals surface area contributed by atoms with Crippen LogP contribution < -0.4 is 10.2 Å². The minimum absolute atomic E-state index is 0.0637. The first-order chi connectivity index (χ1) is 14.2. The van der Waals surface area contributed by atoms with Crippen LogP contribution in [0.3, 0.4) is 0 Å². The standard InChI is InChI=1S/C21H22BrN3O3S2/c1-13-3-8-17(9-14(13)2)25-19-12-30(27,28)11-18(19)24-21(25)29-10-20(26)23-16-6-4-15(22)5-7-16/h3-9,18-19H,10-12H2,1-2H3,(H,23,26)/t18-,19+/m0/s1. The number of benzene rings is 2. The summed E-state index contributed by atoms with van der Waals surface area (Å²) in [7, 11) is -3.10. The highest BCUT2D eigenvalue weighted by atomic mass is 79.9. The van der Waals surface area contributed by atoms with Gasteiger partial charge in [-0.2, -0.15) is 0 Å². The molecule has 0 radical (unpaired) electrons. The van der Waals surface area contributed by atoms with Gasteiger partial charge in [0.05, 0.1) is 29.3 Å². The van der Waals surface area contributed by atoms with Gasteiger partial charge in [0.15, 0.2) is 15.0 Å². The predicted molar refractivity (Wildman–Crippen MR) is 127 cm³/mol. The van der Waals surface area contributed by atoms with Gasteiger partial charge in [0.1, 0.15) is 0 Å². The Balaban J connectivity index is 1.52. The second kappa shape index (κ2) is 8.36. The number of rotatable bonds is 4. The predicted octanol–water partition coefficient (Wildman–Crippen LogP) is 3.78. The first-order valence-corrected chi connectivity index (χ1v) is 13.1. The highest BCUT2D eigenvalue weighted by Gasteiger charge is 2.47. The van der Waals surface area contributed by atoms with Crippen LogP contribution in [0.4, 0.5) is 11.4 Å². The molecule has 2 aliphatic rings. The number of aryl methyl sites for hydroxylation is 2. The zero-order valence-electron chi connectivity index (χ0n) is 16.6. The van der Waals surface area contributed by atoms with Crippen LogP contribution in [-0.4, -0.2) is 48.8 Å². The monoisotopic (exact) mass is 507 g/mol. The van der Waals surface area contributed by atoms with Crippen molar-refractivity contribution in [2.75, 3.05) is 27.5 Å². The summed E-state index contributed by atoms with van der Waals surface area (Å²) in [6.45, 7) is 4.08. The molecule has 0 unspecified atom stereocenters. The number of halogens is 1. The zero-order valence-corrected chi connectivity index (χ0v) is 19.9. The van der Waals surface area contributed by atoms with Crippen LogP contribution in [0.15, 0.2) is 51.9 Å². The molecule has 2 aromatic rings. The summed E-state index contributed by atoms with van der Waals surface area (Å²) in [5, 5.41) is 3.58. The smallest absolute Gasteiger partial charge is 0.234 e. The Morgan fingerprint density at radius 2 is 1.90 bits per heavy atom. The molecule has 1 amide bonds. The molecule has 6 nitrogen and oxygen atoms in total. The van der Waals surface area contributed by atoms with E-state index in [0.717, 1.165) is 21.4 Å². The molecule has 0 saturated carbocycles. The van der Waals surface area contributed by atoms with E-state index in [1.807, 2.05) is 55.1 Å². The number of thioether (sulfide) groups is 1. The van der Waals surface area contributed by atoms with Crippen molar-refractivity contribution in [1.82, 2.24) is 0 Å². The van der Waals surface area contributed by atoms with Gasteiger partial charge >= 0.3 is 0 Å². The van der Waals surface area contributed by atoms with Gasteiger partial charge in [0.2, 0.25) is 5.91 Å². The van der Waals surface area contributed by atoms with E-state index in [1.165, 1.54) is 17.3 Å². The largest absolute Gasteiger partial charge is 0.325 e. The van der Waals surface area contributed by atoms with Crippen molar-refractivity contribution in [2.45, 2.75) is 25.9 Å². The van der Waals surface area contributed by atoms with Crippen LogP contribution in [0.2, 0.25) is 0 Å². The maximum atomic E-state index is 12.4. The molecule has 1 saturated heterocycles. The lowest BCUT2D eigenvalue weighted by Gasteiger charge is -2.27. The molecule has 0 spiro atoms. The fraction of sp³-hybridized carbons (Fsp3) is 0.333. The van der Waals surface area contributed by atoms with Crippen molar-refractivity contribution in [3.8, 4) is 0 Å². The normalized spacial score (nSPS) is 22.0. The number of carbonyl (C=O) groups excluding carboxylic acids is 1. The number of sulfone groups is 1. The number of carbonyl (C=O) groups is 1. The Labute approximate surface area is 189 Å². The quantitative estimate of drug-likeness (QED) is 0.680. The number of hydrogen-bond donors (Lipinski definition) is 1. The Morgan fingerprint density at radius 1 is 1.17 bits per heavy atom. The third kappa shape index (κ3) is 4.58. The summed E-state index contributed by atoms with van der Waals surface area (Å²) in [4.78, 5) is 19.1. The van der Waals surface area contributed by atoms with E-state index in [9.17, 15) is 13.2 Å². The lowest BCUT2D eigenvalue weighted by atomic mass is 10.1. The molecule has 4 rings (SSSR count). The second-order valence-electron chi connectivity index (χ2n) is 7.61. The van der Waals surface area contributed by atoms with Crippen molar-refractivity contribution < 1.29 is 13.2 Å². The number of amides is 1. The molecule has 2 atom stereocenters. The summed E-state index contributed by atoms with van der Waals surface area (Å²) >= 11 is 4.72. The number of nitrogens with zero attached hydrogens (tertiary/aromatic N) is 2. The lowest BCUT2D eigenvalue weighted by Crippen LogP contribution is -2.39. The van der Waals surface area contributed by atoms with Crippen molar-refractivity contribution in [1.29, 1.82) is 0 Å². The Hall–Kier alpha value is -1.84. The van der Waals surface area contributed by atoms with Crippen LogP contribution in [0.1, 0.15) is 11.1 Å². The Kier molecular flexibility index (Phi) is 5.96. The van der Waals surface area contributed by atoms with Gasteiger partial charge in [-0.15, -0.1) is 0 Å². The first-order valence-electron chi connectivity index (χ1n) is 9.55. The zero-order chi connectivity index (χ0) is 21.5. The summed E-state index contributed by atoms with van der Waals surface area (Å²) in [5.41, 5.74) is 3.95. The van der Waals surface area contributed by atoms with Crippen LogP contribution in [-0.2, 0) is 14.6 Å². The van der Waals surface area contributed by atoms with Crippen molar-refractivity contribution in [3.05, 3.63) is 58.1 Å². The van der Waals surface area contributed by atoms with E-state index >= 15 is 0 Å². The maximum Gasteiger partial charge on any atom is 0.234 e. The van der Waals surface area contributed by atoms with Crippen molar-refractivity contribution >= 4 is 60.0 Å². The average Bonchev–Trinajstić information content (AvgIpc) is 3.15. The Bertz CT molecular complexity index is 1120. The van der Waals surface area contributed by atoms with E-state index in [1.54, 1.807) is 0 Å². The van der Waals surface area contributed by atoms with Gasteiger partial charge in [-0.1, -0.05) is 33.8 Å². The third-order valence-corrected chi connectivity index (χ3v) is 8.53. The summed E-state index contributed by atoms with van der Waals surface area (Å²) in [5.74, 6) is 0.217. The maximum absolute atomic E-state index is 12.4. The number of hydrogen-bond acceptors (Lipinski definition) is 6. The van der Waals surface area contributed by atoms with E-state index in [2.05, 4.69) is 32.3 Å².